The molecule has 74 valence electrons. The molecule has 2 saturated carbocycles. The Hall–Kier alpha value is -0.820. The van der Waals surface area contributed by atoms with E-state index in [9.17, 15) is 0 Å². The van der Waals surface area contributed by atoms with Gasteiger partial charge in [0.25, 0.3) is 0 Å². The Bertz CT molecular complexity index is 302. The third kappa shape index (κ3) is 1.57. The zero-order valence-electron chi connectivity index (χ0n) is 8.45. The Morgan fingerprint density at radius 2 is 1.86 bits per heavy atom. The summed E-state index contributed by atoms with van der Waals surface area (Å²) in [5, 5.41) is 3.74. The van der Waals surface area contributed by atoms with E-state index in [0.29, 0.717) is 0 Å². The van der Waals surface area contributed by atoms with Gasteiger partial charge in [0, 0.05) is 18.0 Å². The van der Waals surface area contributed by atoms with Crippen molar-refractivity contribution >= 4 is 0 Å². The third-order valence-corrected chi connectivity index (χ3v) is 3.57. The van der Waals surface area contributed by atoms with Gasteiger partial charge in [-0.2, -0.15) is 0 Å². The Balaban J connectivity index is 1.57. The van der Waals surface area contributed by atoms with Gasteiger partial charge in [-0.3, -0.25) is 0 Å². The summed E-state index contributed by atoms with van der Waals surface area (Å²) >= 11 is 0. The van der Waals surface area contributed by atoms with Gasteiger partial charge < -0.3 is 5.32 Å². The van der Waals surface area contributed by atoms with Gasteiger partial charge in [0.2, 0.25) is 0 Å². The molecule has 14 heavy (non-hydrogen) atoms. The van der Waals surface area contributed by atoms with E-state index in [1.807, 2.05) is 0 Å². The van der Waals surface area contributed by atoms with E-state index in [4.69, 9.17) is 0 Å². The van der Waals surface area contributed by atoms with Crippen molar-refractivity contribution < 1.29 is 0 Å². The van der Waals surface area contributed by atoms with E-state index in [2.05, 4.69) is 35.6 Å². The summed E-state index contributed by atoms with van der Waals surface area (Å²) < 4.78 is 0. The Morgan fingerprint density at radius 3 is 2.50 bits per heavy atom. The van der Waals surface area contributed by atoms with Crippen LogP contribution in [0.25, 0.3) is 0 Å². The van der Waals surface area contributed by atoms with Crippen LogP contribution in [-0.4, -0.2) is 12.1 Å². The molecule has 0 bridgehead atoms. The number of rotatable bonds is 3. The maximum atomic E-state index is 3.74. The normalized spacial score (nSPS) is 31.1. The molecule has 1 N–H and O–H groups in total. The summed E-state index contributed by atoms with van der Waals surface area (Å²) in [6, 6.07) is 12.5. The van der Waals surface area contributed by atoms with E-state index < -0.39 is 0 Å². The molecule has 0 radical (unpaired) electrons. The van der Waals surface area contributed by atoms with Gasteiger partial charge in [0.05, 0.1) is 0 Å². The van der Waals surface area contributed by atoms with Crippen LogP contribution in [0.15, 0.2) is 30.3 Å². The first-order chi connectivity index (χ1) is 6.93. The topological polar surface area (TPSA) is 12.0 Å². The minimum atomic E-state index is 0.780. The lowest BCUT2D eigenvalue weighted by atomic mass is 9.93. The molecule has 0 amide bonds. The number of nitrogens with one attached hydrogen (secondary N) is 1. The van der Waals surface area contributed by atoms with E-state index in [1.165, 1.54) is 31.2 Å². The molecule has 1 aromatic rings. The predicted molar refractivity (Wildman–Crippen MR) is 58.4 cm³/mol. The van der Waals surface area contributed by atoms with Gasteiger partial charge in [0.1, 0.15) is 0 Å². The van der Waals surface area contributed by atoms with Crippen molar-refractivity contribution in [3.63, 3.8) is 0 Å². The molecule has 1 aromatic carbocycles. The van der Waals surface area contributed by atoms with Crippen molar-refractivity contribution in [1.29, 1.82) is 0 Å². The minimum Gasteiger partial charge on any atom is -0.311 e. The molecule has 2 fully saturated rings. The van der Waals surface area contributed by atoms with E-state index in [1.54, 1.807) is 0 Å². The van der Waals surface area contributed by atoms with Crippen LogP contribution < -0.4 is 5.32 Å². The van der Waals surface area contributed by atoms with Gasteiger partial charge in [-0.05, 0) is 24.8 Å². The summed E-state index contributed by atoms with van der Waals surface area (Å²) in [5.41, 5.74) is 1.52. The van der Waals surface area contributed by atoms with Gasteiger partial charge >= 0.3 is 0 Å². The highest BCUT2D eigenvalue weighted by Crippen LogP contribution is 2.41. The Kier molecular flexibility index (Phi) is 2.06. The molecular weight excluding hydrogens is 170 g/mol. The van der Waals surface area contributed by atoms with Gasteiger partial charge in [-0.1, -0.05) is 36.8 Å². The SMILES string of the molecule is c1ccc(C2CC2NC2CCC2)cc1. The largest absolute Gasteiger partial charge is 0.311 e. The zero-order chi connectivity index (χ0) is 9.38. The van der Waals surface area contributed by atoms with E-state index in [0.717, 1.165) is 18.0 Å². The van der Waals surface area contributed by atoms with Crippen LogP contribution in [0.1, 0.15) is 37.2 Å². The Labute approximate surface area is 85.5 Å². The van der Waals surface area contributed by atoms with Gasteiger partial charge in [-0.15, -0.1) is 0 Å². The smallest absolute Gasteiger partial charge is 0.0145 e. The number of hydrogen-bond donors (Lipinski definition) is 1. The highest BCUT2D eigenvalue weighted by molar-refractivity contribution is 5.27. The molecule has 2 atom stereocenters. The van der Waals surface area contributed by atoms with Crippen molar-refractivity contribution in [3.8, 4) is 0 Å². The standard InChI is InChI=1S/C13H17N/c1-2-5-10(6-3-1)12-9-13(12)14-11-7-4-8-11/h1-3,5-6,11-14H,4,7-9H2. The first-order valence-electron chi connectivity index (χ1n) is 5.74. The second-order valence-electron chi connectivity index (χ2n) is 4.65. The first-order valence-corrected chi connectivity index (χ1v) is 5.74. The van der Waals surface area contributed by atoms with Crippen LogP contribution >= 0.6 is 0 Å². The molecule has 1 heteroatoms. The maximum Gasteiger partial charge on any atom is 0.0145 e. The lowest BCUT2D eigenvalue weighted by molar-refractivity contribution is 0.335. The predicted octanol–water partition coefficient (Wildman–Crippen LogP) is 2.68. The highest BCUT2D eigenvalue weighted by atomic mass is 15.0. The molecule has 1 nitrogen and oxygen atoms in total. The third-order valence-electron chi connectivity index (χ3n) is 3.57. The second kappa shape index (κ2) is 3.39. The number of benzene rings is 1. The molecule has 0 aromatic heterocycles. The fourth-order valence-electron chi connectivity index (χ4n) is 2.33. The second-order valence-corrected chi connectivity index (χ2v) is 4.65. The zero-order valence-corrected chi connectivity index (χ0v) is 8.45. The van der Waals surface area contributed by atoms with Crippen molar-refractivity contribution in [2.75, 3.05) is 0 Å². The average molecular weight is 187 g/mol. The lowest BCUT2D eigenvalue weighted by Crippen LogP contribution is -2.37. The molecular formula is C13H17N. The molecule has 0 aliphatic heterocycles. The highest BCUT2D eigenvalue weighted by Gasteiger charge is 2.39. The monoisotopic (exact) mass is 187 g/mol. The molecule has 3 rings (SSSR count). The lowest BCUT2D eigenvalue weighted by Gasteiger charge is -2.26. The van der Waals surface area contributed by atoms with Gasteiger partial charge in [0.15, 0.2) is 0 Å². The maximum absolute atomic E-state index is 3.74. The van der Waals surface area contributed by atoms with E-state index >= 15 is 0 Å². The quantitative estimate of drug-likeness (QED) is 0.767. The Morgan fingerprint density at radius 1 is 1.07 bits per heavy atom. The van der Waals surface area contributed by atoms with Crippen molar-refractivity contribution in [2.45, 2.75) is 43.7 Å². The number of hydrogen-bond acceptors (Lipinski definition) is 1. The summed E-state index contributed by atoms with van der Waals surface area (Å²) in [6.07, 6.45) is 5.58. The van der Waals surface area contributed by atoms with Gasteiger partial charge in [-0.25, -0.2) is 0 Å². The summed E-state index contributed by atoms with van der Waals surface area (Å²) in [5.74, 6) is 0.803. The van der Waals surface area contributed by atoms with E-state index in [-0.39, 0.29) is 0 Å². The molecule has 2 aliphatic carbocycles. The molecule has 0 saturated heterocycles. The molecule has 2 aliphatic rings. The summed E-state index contributed by atoms with van der Waals surface area (Å²) in [7, 11) is 0. The summed E-state index contributed by atoms with van der Waals surface area (Å²) in [4.78, 5) is 0. The fraction of sp³-hybridized carbons (Fsp3) is 0.538. The van der Waals surface area contributed by atoms with Crippen LogP contribution in [0.2, 0.25) is 0 Å². The minimum absolute atomic E-state index is 0.780. The van der Waals surface area contributed by atoms with Crippen LogP contribution in [0, 0.1) is 0 Å². The first kappa shape index (κ1) is 8.49. The van der Waals surface area contributed by atoms with Crippen molar-refractivity contribution in [3.05, 3.63) is 35.9 Å². The molecule has 0 spiro atoms. The summed E-state index contributed by atoms with van der Waals surface area (Å²) in [6.45, 7) is 0. The molecule has 2 unspecified atom stereocenters. The van der Waals surface area contributed by atoms with Crippen LogP contribution in [-0.2, 0) is 0 Å². The van der Waals surface area contributed by atoms with Crippen molar-refractivity contribution in [1.82, 2.24) is 5.32 Å². The van der Waals surface area contributed by atoms with Crippen LogP contribution in [0.3, 0.4) is 0 Å². The molecule has 0 heterocycles. The van der Waals surface area contributed by atoms with Crippen LogP contribution in [0.4, 0.5) is 0 Å². The fourth-order valence-corrected chi connectivity index (χ4v) is 2.33. The average Bonchev–Trinajstić information content (AvgIpc) is 2.92. The van der Waals surface area contributed by atoms with Crippen molar-refractivity contribution in [2.24, 2.45) is 0 Å². The van der Waals surface area contributed by atoms with Crippen LogP contribution in [0.5, 0.6) is 0 Å².